The molecule has 1 rings (SSSR count). The highest BCUT2D eigenvalue weighted by Crippen LogP contribution is 2.29. The predicted octanol–water partition coefficient (Wildman–Crippen LogP) is 3.53. The summed E-state index contributed by atoms with van der Waals surface area (Å²) in [7, 11) is 3.70. The fraction of sp³-hybridized carbons (Fsp3) is 0.562. The number of carbonyl (C=O) groups is 1. The molecular weight excluding hydrogens is 309 g/mol. The molecule has 0 bridgehead atoms. The summed E-state index contributed by atoms with van der Waals surface area (Å²) in [6, 6.07) is 5.31. The van der Waals surface area contributed by atoms with Crippen molar-refractivity contribution in [1.29, 1.82) is 0 Å². The molecule has 0 aliphatic rings. The van der Waals surface area contributed by atoms with Crippen LogP contribution in [0.25, 0.3) is 0 Å². The highest BCUT2D eigenvalue weighted by atomic mass is 19.4. The van der Waals surface area contributed by atoms with Gasteiger partial charge in [-0.3, -0.25) is 4.90 Å². The Hall–Kier alpha value is -1.76. The number of halogens is 3. The summed E-state index contributed by atoms with van der Waals surface area (Å²) in [5, 5.41) is 0. The second-order valence-electron chi connectivity index (χ2n) is 5.46. The minimum Gasteiger partial charge on any atom is -0.461 e. The molecular formula is C16H23F3N2O2. The molecule has 0 spiro atoms. The summed E-state index contributed by atoms with van der Waals surface area (Å²) >= 11 is 0. The maximum absolute atomic E-state index is 13.1. The van der Waals surface area contributed by atoms with Gasteiger partial charge in [0.2, 0.25) is 0 Å². The summed E-state index contributed by atoms with van der Waals surface area (Å²) in [6.07, 6.45) is -3.33. The van der Waals surface area contributed by atoms with E-state index in [9.17, 15) is 18.0 Å². The van der Waals surface area contributed by atoms with E-state index in [2.05, 4.69) is 0 Å². The minimum atomic E-state index is -4.44. The molecule has 0 unspecified atom stereocenters. The number of nitrogens with zero attached hydrogens (tertiary/aromatic N) is 2. The first kappa shape index (κ1) is 19.3. The van der Waals surface area contributed by atoms with Crippen LogP contribution in [0.3, 0.4) is 0 Å². The van der Waals surface area contributed by atoms with Gasteiger partial charge in [0, 0.05) is 18.8 Å². The van der Waals surface area contributed by atoms with Gasteiger partial charge in [0.05, 0.1) is 5.56 Å². The normalized spacial score (nSPS) is 11.6. The van der Waals surface area contributed by atoms with Gasteiger partial charge in [0.1, 0.15) is 6.61 Å². The summed E-state index contributed by atoms with van der Waals surface area (Å²) in [4.78, 5) is 14.1. The fourth-order valence-electron chi connectivity index (χ4n) is 1.90. The monoisotopic (exact) mass is 332 g/mol. The lowest BCUT2D eigenvalue weighted by molar-refractivity contribution is -0.129. The van der Waals surface area contributed by atoms with E-state index in [-0.39, 0.29) is 24.4 Å². The van der Waals surface area contributed by atoms with Crippen LogP contribution in [0.2, 0.25) is 0 Å². The average Bonchev–Trinajstić information content (AvgIpc) is 2.46. The van der Waals surface area contributed by atoms with Gasteiger partial charge >= 0.3 is 12.3 Å². The maximum atomic E-state index is 13.1. The molecule has 0 fully saturated rings. The second-order valence-corrected chi connectivity index (χ2v) is 5.46. The van der Waals surface area contributed by atoms with E-state index in [1.165, 1.54) is 24.3 Å². The Morgan fingerprint density at radius 3 is 2.22 bits per heavy atom. The lowest BCUT2D eigenvalue weighted by Crippen LogP contribution is -2.38. The lowest BCUT2D eigenvalue weighted by atomic mass is 10.2. The number of alkyl halides is 3. The first-order valence-corrected chi connectivity index (χ1v) is 7.52. The molecule has 0 aliphatic heterocycles. The molecule has 0 atom stereocenters. The Morgan fingerprint density at radius 1 is 1.13 bits per heavy atom. The van der Waals surface area contributed by atoms with Gasteiger partial charge in [-0.25, -0.2) is 4.79 Å². The second kappa shape index (κ2) is 8.76. The quantitative estimate of drug-likeness (QED) is 0.538. The van der Waals surface area contributed by atoms with Crippen LogP contribution in [0.1, 0.15) is 30.1 Å². The molecule has 130 valence electrons. The van der Waals surface area contributed by atoms with Crippen LogP contribution < -0.4 is 4.90 Å². The smallest absolute Gasteiger partial charge is 0.461 e. The van der Waals surface area contributed by atoms with Crippen LogP contribution in [-0.4, -0.2) is 51.0 Å². The number of hydrogen-bond donors (Lipinski definition) is 0. The topological polar surface area (TPSA) is 32.8 Å². The molecule has 0 saturated carbocycles. The van der Waals surface area contributed by atoms with Crippen molar-refractivity contribution in [1.82, 2.24) is 4.90 Å². The zero-order valence-corrected chi connectivity index (χ0v) is 13.7. The van der Waals surface area contributed by atoms with E-state index in [0.29, 0.717) is 24.3 Å². The maximum Gasteiger partial charge on any atom is 0.484 e. The van der Waals surface area contributed by atoms with Crippen molar-refractivity contribution in [2.75, 3.05) is 38.7 Å². The molecule has 0 aromatic heterocycles. The van der Waals surface area contributed by atoms with Gasteiger partial charge in [0.25, 0.3) is 0 Å². The molecule has 0 heterocycles. The molecule has 0 saturated heterocycles. The van der Waals surface area contributed by atoms with Gasteiger partial charge in [-0.05, 0) is 44.8 Å². The van der Waals surface area contributed by atoms with Crippen molar-refractivity contribution in [3.63, 3.8) is 0 Å². The number of carbonyl (C=O) groups excluding carboxylic acids is 1. The third-order valence-electron chi connectivity index (χ3n) is 3.23. The molecule has 1 aromatic rings. The summed E-state index contributed by atoms with van der Waals surface area (Å²) < 4.78 is 44.2. The summed E-state index contributed by atoms with van der Waals surface area (Å²) in [5.74, 6) is -0.537. The minimum absolute atomic E-state index is 0.0239. The number of benzene rings is 1. The van der Waals surface area contributed by atoms with E-state index < -0.39 is 12.3 Å². The van der Waals surface area contributed by atoms with Crippen LogP contribution >= 0.6 is 0 Å². The number of unbranched alkanes of at least 4 members (excludes halogenated alkanes) is 1. The summed E-state index contributed by atoms with van der Waals surface area (Å²) in [6.45, 7) is 2.55. The zero-order valence-electron chi connectivity index (χ0n) is 13.7. The van der Waals surface area contributed by atoms with Crippen LogP contribution in [0.5, 0.6) is 0 Å². The SMILES string of the molecule is CCCCN(c1ccc(C(=O)OCCN(C)C)cc1)C(F)(F)F. The van der Waals surface area contributed by atoms with Gasteiger partial charge in [-0.1, -0.05) is 13.3 Å². The number of anilines is 1. The molecule has 23 heavy (non-hydrogen) atoms. The van der Waals surface area contributed by atoms with E-state index in [1.807, 2.05) is 25.9 Å². The summed E-state index contributed by atoms with van der Waals surface area (Å²) in [5.41, 5.74) is 0.265. The van der Waals surface area contributed by atoms with Crippen LogP contribution in [0.4, 0.5) is 18.9 Å². The highest BCUT2D eigenvalue weighted by molar-refractivity contribution is 5.89. The zero-order chi connectivity index (χ0) is 17.5. The fourth-order valence-corrected chi connectivity index (χ4v) is 1.90. The third kappa shape index (κ3) is 6.48. The Kier molecular flexibility index (Phi) is 7.35. The molecule has 1 aromatic carbocycles. The predicted molar refractivity (Wildman–Crippen MR) is 83.6 cm³/mol. The molecule has 0 aliphatic carbocycles. The van der Waals surface area contributed by atoms with Gasteiger partial charge in [-0.15, -0.1) is 0 Å². The Balaban J connectivity index is 2.75. The number of esters is 1. The highest BCUT2D eigenvalue weighted by Gasteiger charge is 2.36. The van der Waals surface area contributed by atoms with Crippen molar-refractivity contribution in [2.45, 2.75) is 26.1 Å². The van der Waals surface area contributed by atoms with E-state index in [1.54, 1.807) is 0 Å². The standard InChI is InChI=1S/C16H23F3N2O2/c1-4-5-10-21(16(17,18)19)14-8-6-13(7-9-14)15(22)23-12-11-20(2)3/h6-9H,4-5,10-12H2,1-3H3. The number of likely N-dealkylation sites (N-methyl/N-ethyl adjacent to an activating group) is 1. The molecule has 0 amide bonds. The first-order valence-electron chi connectivity index (χ1n) is 7.52. The van der Waals surface area contributed by atoms with Crippen molar-refractivity contribution in [3.05, 3.63) is 29.8 Å². The Labute approximate surface area is 134 Å². The number of ether oxygens (including phenoxy) is 1. The molecule has 0 N–H and O–H groups in total. The molecule has 0 radical (unpaired) electrons. The molecule has 4 nitrogen and oxygen atoms in total. The number of rotatable bonds is 8. The van der Waals surface area contributed by atoms with Gasteiger partial charge in [0.15, 0.2) is 0 Å². The average molecular weight is 332 g/mol. The largest absolute Gasteiger partial charge is 0.484 e. The number of hydrogen-bond acceptors (Lipinski definition) is 4. The van der Waals surface area contributed by atoms with Crippen molar-refractivity contribution < 1.29 is 22.7 Å². The Bertz CT molecular complexity index is 487. The Morgan fingerprint density at radius 2 is 1.74 bits per heavy atom. The van der Waals surface area contributed by atoms with Crippen molar-refractivity contribution in [3.8, 4) is 0 Å². The lowest BCUT2D eigenvalue weighted by Gasteiger charge is -2.27. The van der Waals surface area contributed by atoms with E-state index in [4.69, 9.17) is 4.74 Å². The van der Waals surface area contributed by atoms with E-state index in [0.717, 1.165) is 0 Å². The van der Waals surface area contributed by atoms with Crippen LogP contribution in [0, 0.1) is 0 Å². The van der Waals surface area contributed by atoms with Crippen molar-refractivity contribution in [2.24, 2.45) is 0 Å². The van der Waals surface area contributed by atoms with Gasteiger partial charge < -0.3 is 9.64 Å². The molecule has 7 heteroatoms. The third-order valence-corrected chi connectivity index (χ3v) is 3.23. The first-order chi connectivity index (χ1) is 10.8. The van der Waals surface area contributed by atoms with E-state index >= 15 is 0 Å². The van der Waals surface area contributed by atoms with Crippen LogP contribution in [-0.2, 0) is 4.74 Å². The van der Waals surface area contributed by atoms with Gasteiger partial charge in [-0.2, -0.15) is 13.2 Å². The van der Waals surface area contributed by atoms with Crippen LogP contribution in [0.15, 0.2) is 24.3 Å². The van der Waals surface area contributed by atoms with Crippen molar-refractivity contribution >= 4 is 11.7 Å².